The molecule has 1 unspecified atom stereocenters. The maximum atomic E-state index is 12.0. The summed E-state index contributed by atoms with van der Waals surface area (Å²) in [6.45, 7) is 2.64. The molecule has 1 heterocycles. The van der Waals surface area contributed by atoms with Gasteiger partial charge in [-0.1, -0.05) is 34.7 Å². The molecule has 1 amide bonds. The van der Waals surface area contributed by atoms with E-state index in [1.165, 1.54) is 0 Å². The summed E-state index contributed by atoms with van der Waals surface area (Å²) in [5.74, 6) is 0.960. The van der Waals surface area contributed by atoms with E-state index in [0.717, 1.165) is 11.3 Å². The minimum absolute atomic E-state index is 0.0264. The van der Waals surface area contributed by atoms with Gasteiger partial charge in [0.05, 0.1) is 13.2 Å². The number of hydrogen-bond acceptors (Lipinski definition) is 3. The zero-order valence-electron chi connectivity index (χ0n) is 11.0. The highest BCUT2D eigenvalue weighted by Crippen LogP contribution is 2.31. The highest BCUT2D eigenvalue weighted by Gasteiger charge is 2.35. The van der Waals surface area contributed by atoms with Crippen molar-refractivity contribution in [2.45, 2.75) is 23.5 Å². The topological polar surface area (TPSA) is 49.8 Å². The Hall–Kier alpha value is -0.820. The van der Waals surface area contributed by atoms with Gasteiger partial charge in [0.25, 0.3) is 0 Å². The van der Waals surface area contributed by atoms with Gasteiger partial charge in [0.15, 0.2) is 0 Å². The number of likely N-dealkylation sites (tertiary alicyclic amines) is 1. The van der Waals surface area contributed by atoms with Crippen molar-refractivity contribution in [1.29, 1.82) is 0 Å². The van der Waals surface area contributed by atoms with E-state index in [-0.39, 0.29) is 17.9 Å². The molecule has 1 aliphatic heterocycles. The van der Waals surface area contributed by atoms with Crippen LogP contribution in [0.2, 0.25) is 0 Å². The number of carbonyl (C=O) groups is 1. The summed E-state index contributed by atoms with van der Waals surface area (Å²) in [5, 5.41) is 9.60. The first kappa shape index (κ1) is 14.6. The Morgan fingerprint density at radius 3 is 2.53 bits per heavy atom. The molecule has 2 rings (SSSR count). The summed E-state index contributed by atoms with van der Waals surface area (Å²) in [7, 11) is 1.63. The van der Waals surface area contributed by atoms with Crippen molar-refractivity contribution in [3.8, 4) is 5.75 Å². The number of halogens is 1. The van der Waals surface area contributed by atoms with E-state index in [0.29, 0.717) is 13.0 Å². The summed E-state index contributed by atoms with van der Waals surface area (Å²) in [4.78, 5) is 13.9. The fourth-order valence-electron chi connectivity index (χ4n) is 2.38. The van der Waals surface area contributed by atoms with E-state index in [9.17, 15) is 9.90 Å². The second-order valence-electron chi connectivity index (χ2n) is 4.83. The van der Waals surface area contributed by atoms with Gasteiger partial charge in [-0.3, -0.25) is 4.79 Å². The van der Waals surface area contributed by atoms with Gasteiger partial charge in [-0.25, -0.2) is 0 Å². The Morgan fingerprint density at radius 2 is 2.05 bits per heavy atom. The maximum Gasteiger partial charge on any atom is 0.223 e. The molecule has 1 fully saturated rings. The van der Waals surface area contributed by atoms with E-state index in [1.807, 2.05) is 58.7 Å². The number of amides is 1. The average Bonchev–Trinajstić information content (AvgIpc) is 2.80. The number of aliphatic hydroxyl groups excluding tert-OH is 1. The molecule has 1 N–H and O–H groups in total. The highest BCUT2D eigenvalue weighted by atomic mass is 127. The van der Waals surface area contributed by atoms with Crippen molar-refractivity contribution < 1.29 is 14.6 Å². The highest BCUT2D eigenvalue weighted by molar-refractivity contribution is 14.1. The molecule has 104 valence electrons. The molecule has 1 aromatic rings. The maximum absolute atomic E-state index is 12.0. The standard InChI is InChI=1S/C14H18INO3/c1-9(10-3-5-12(19-2)6-4-10)16-8-11(14(15)18)7-13(16)17/h3-6,9,11,14,18H,7-8H2,1-2H3/t9-,11+,14?/m0/s1. The SMILES string of the molecule is COc1ccc([C@H](C)N2C[C@H](C(O)I)CC2=O)cc1. The Labute approximate surface area is 126 Å². The van der Waals surface area contributed by atoms with E-state index in [4.69, 9.17) is 4.74 Å². The summed E-state index contributed by atoms with van der Waals surface area (Å²) in [6, 6.07) is 7.78. The lowest BCUT2D eigenvalue weighted by Crippen LogP contribution is -2.29. The number of benzene rings is 1. The van der Waals surface area contributed by atoms with Crippen LogP contribution in [0.4, 0.5) is 0 Å². The lowest BCUT2D eigenvalue weighted by atomic mass is 10.1. The number of rotatable bonds is 4. The van der Waals surface area contributed by atoms with Crippen molar-refractivity contribution in [3.63, 3.8) is 0 Å². The molecule has 0 bridgehead atoms. The van der Waals surface area contributed by atoms with Crippen LogP contribution in [-0.4, -0.2) is 33.7 Å². The second-order valence-corrected chi connectivity index (χ2v) is 6.11. The predicted molar refractivity (Wildman–Crippen MR) is 81.3 cm³/mol. The minimum atomic E-state index is -0.463. The van der Waals surface area contributed by atoms with Crippen LogP contribution in [0, 0.1) is 5.92 Å². The number of nitrogens with zero attached hydrogens (tertiary/aromatic N) is 1. The lowest BCUT2D eigenvalue weighted by Gasteiger charge is -2.25. The molecular formula is C14H18INO3. The predicted octanol–water partition coefficient (Wildman–Crippen LogP) is 2.36. The first-order valence-corrected chi connectivity index (χ1v) is 7.53. The van der Waals surface area contributed by atoms with Gasteiger partial charge < -0.3 is 14.7 Å². The van der Waals surface area contributed by atoms with Crippen molar-refractivity contribution in [2.24, 2.45) is 5.92 Å². The third-order valence-corrected chi connectivity index (χ3v) is 4.66. The fourth-order valence-corrected chi connectivity index (χ4v) is 2.86. The Bertz CT molecular complexity index is 447. The largest absolute Gasteiger partial charge is 0.497 e. The third kappa shape index (κ3) is 3.20. The monoisotopic (exact) mass is 375 g/mol. The molecule has 1 saturated heterocycles. The van der Waals surface area contributed by atoms with Gasteiger partial charge in [-0.15, -0.1) is 0 Å². The van der Waals surface area contributed by atoms with E-state index < -0.39 is 4.11 Å². The Balaban J connectivity index is 2.10. The molecular weight excluding hydrogens is 357 g/mol. The quantitative estimate of drug-likeness (QED) is 0.650. The van der Waals surface area contributed by atoms with Crippen LogP contribution in [0.15, 0.2) is 24.3 Å². The fraction of sp³-hybridized carbons (Fsp3) is 0.500. The molecule has 1 aliphatic rings. The molecule has 1 aromatic carbocycles. The van der Waals surface area contributed by atoms with Gasteiger partial charge in [0.2, 0.25) is 5.91 Å². The van der Waals surface area contributed by atoms with Gasteiger partial charge >= 0.3 is 0 Å². The molecule has 5 heteroatoms. The van der Waals surface area contributed by atoms with Crippen LogP contribution in [0.1, 0.15) is 24.9 Å². The molecule has 0 saturated carbocycles. The van der Waals surface area contributed by atoms with Crippen LogP contribution >= 0.6 is 22.6 Å². The first-order chi connectivity index (χ1) is 9.02. The second kappa shape index (κ2) is 6.09. The smallest absolute Gasteiger partial charge is 0.223 e. The number of aliphatic hydroxyl groups is 1. The van der Waals surface area contributed by atoms with Gasteiger partial charge in [0.1, 0.15) is 9.86 Å². The van der Waals surface area contributed by atoms with Crippen molar-refractivity contribution in [3.05, 3.63) is 29.8 Å². The first-order valence-electron chi connectivity index (χ1n) is 6.28. The normalized spacial score (nSPS) is 22.4. The molecule has 3 atom stereocenters. The van der Waals surface area contributed by atoms with Crippen LogP contribution in [0.3, 0.4) is 0 Å². The van der Waals surface area contributed by atoms with Crippen molar-refractivity contribution in [1.82, 2.24) is 4.90 Å². The number of hydrogen-bond donors (Lipinski definition) is 1. The zero-order chi connectivity index (χ0) is 14.0. The van der Waals surface area contributed by atoms with E-state index >= 15 is 0 Å². The van der Waals surface area contributed by atoms with Gasteiger partial charge in [-0.05, 0) is 24.6 Å². The lowest BCUT2D eigenvalue weighted by molar-refractivity contribution is -0.129. The van der Waals surface area contributed by atoms with Crippen LogP contribution in [-0.2, 0) is 4.79 Å². The molecule has 4 nitrogen and oxygen atoms in total. The number of ether oxygens (including phenoxy) is 1. The summed E-state index contributed by atoms with van der Waals surface area (Å²) < 4.78 is 4.67. The number of methoxy groups -OCH3 is 1. The molecule has 0 spiro atoms. The van der Waals surface area contributed by atoms with Crippen LogP contribution < -0.4 is 4.74 Å². The van der Waals surface area contributed by atoms with Gasteiger partial charge in [-0.2, -0.15) is 0 Å². The van der Waals surface area contributed by atoms with Crippen molar-refractivity contribution >= 4 is 28.5 Å². The zero-order valence-corrected chi connectivity index (χ0v) is 13.2. The summed E-state index contributed by atoms with van der Waals surface area (Å²) in [5.41, 5.74) is 1.08. The molecule has 0 aliphatic carbocycles. The van der Waals surface area contributed by atoms with Crippen LogP contribution in [0.25, 0.3) is 0 Å². The number of alkyl halides is 1. The molecule has 0 aromatic heterocycles. The molecule has 0 radical (unpaired) electrons. The van der Waals surface area contributed by atoms with Crippen molar-refractivity contribution in [2.75, 3.05) is 13.7 Å². The summed E-state index contributed by atoms with van der Waals surface area (Å²) >= 11 is 1.97. The summed E-state index contributed by atoms with van der Waals surface area (Å²) in [6.07, 6.45) is 0.435. The van der Waals surface area contributed by atoms with Gasteiger partial charge in [0, 0.05) is 18.9 Å². The third-order valence-electron chi connectivity index (χ3n) is 3.64. The Kier molecular flexibility index (Phi) is 4.67. The van der Waals surface area contributed by atoms with Crippen LogP contribution in [0.5, 0.6) is 5.75 Å². The number of carbonyl (C=O) groups excluding carboxylic acids is 1. The van der Waals surface area contributed by atoms with E-state index in [1.54, 1.807) is 7.11 Å². The van der Waals surface area contributed by atoms with E-state index in [2.05, 4.69) is 0 Å². The Morgan fingerprint density at radius 1 is 1.42 bits per heavy atom. The average molecular weight is 375 g/mol. The molecule has 19 heavy (non-hydrogen) atoms. The minimum Gasteiger partial charge on any atom is -0.497 e.